The van der Waals surface area contributed by atoms with Crippen LogP contribution < -0.4 is 0 Å². The van der Waals surface area contributed by atoms with Crippen LogP contribution in [-0.4, -0.2) is 68.9 Å². The zero-order chi connectivity index (χ0) is 11.4. The third-order valence-electron chi connectivity index (χ3n) is 2.51. The molecule has 1 rings (SSSR count). The summed E-state index contributed by atoms with van der Waals surface area (Å²) < 4.78 is 20.1. The Hall–Kier alpha value is -0.240. The minimum Gasteiger partial charge on any atom is -0.387 e. The van der Waals surface area contributed by atoms with Gasteiger partial charge in [0.1, 0.15) is 24.4 Å². The van der Waals surface area contributed by atoms with Crippen LogP contribution in [0.5, 0.6) is 0 Å². The number of rotatable bonds is 4. The monoisotopic (exact) mass is 222 g/mol. The summed E-state index contributed by atoms with van der Waals surface area (Å²) in [7, 11) is 4.36. The van der Waals surface area contributed by atoms with Crippen LogP contribution in [0.4, 0.5) is 0 Å². The Labute approximate surface area is 88.7 Å². The van der Waals surface area contributed by atoms with Gasteiger partial charge < -0.3 is 29.2 Å². The van der Waals surface area contributed by atoms with E-state index in [0.29, 0.717) is 0 Å². The zero-order valence-electron chi connectivity index (χ0n) is 9.12. The standard InChI is InChI=1S/C9H18O6/c1-12-4-5-6(10)7(13-2)8(14-3)9(11)15-5/h5-11H,4H2,1-3H3/t5-,6-,7?,8?,9+/m1/s1. The topological polar surface area (TPSA) is 77.4 Å². The zero-order valence-corrected chi connectivity index (χ0v) is 9.12. The molecular formula is C9H18O6. The number of aliphatic hydroxyl groups excluding tert-OH is 2. The summed E-state index contributed by atoms with van der Waals surface area (Å²) in [4.78, 5) is 0. The number of hydrogen-bond acceptors (Lipinski definition) is 6. The van der Waals surface area contributed by atoms with Gasteiger partial charge in [0.25, 0.3) is 0 Å². The van der Waals surface area contributed by atoms with Crippen molar-refractivity contribution in [1.82, 2.24) is 0 Å². The van der Waals surface area contributed by atoms with Crippen molar-refractivity contribution in [2.24, 2.45) is 0 Å². The number of ether oxygens (including phenoxy) is 4. The van der Waals surface area contributed by atoms with Crippen molar-refractivity contribution in [3.63, 3.8) is 0 Å². The van der Waals surface area contributed by atoms with E-state index in [-0.39, 0.29) is 6.61 Å². The smallest absolute Gasteiger partial charge is 0.184 e. The largest absolute Gasteiger partial charge is 0.387 e. The van der Waals surface area contributed by atoms with Gasteiger partial charge in [-0.25, -0.2) is 0 Å². The van der Waals surface area contributed by atoms with E-state index in [1.165, 1.54) is 21.3 Å². The van der Waals surface area contributed by atoms with Crippen molar-refractivity contribution in [1.29, 1.82) is 0 Å². The fraction of sp³-hybridized carbons (Fsp3) is 1.00. The van der Waals surface area contributed by atoms with Gasteiger partial charge in [-0.05, 0) is 0 Å². The molecule has 0 aromatic carbocycles. The molecule has 0 spiro atoms. The van der Waals surface area contributed by atoms with E-state index in [1.807, 2.05) is 0 Å². The predicted octanol–water partition coefficient (Wildman–Crippen LogP) is -1.26. The lowest BCUT2D eigenvalue weighted by atomic mass is 9.99. The van der Waals surface area contributed by atoms with Gasteiger partial charge in [0.15, 0.2) is 6.29 Å². The van der Waals surface area contributed by atoms with E-state index in [4.69, 9.17) is 18.9 Å². The third-order valence-corrected chi connectivity index (χ3v) is 2.51. The van der Waals surface area contributed by atoms with Gasteiger partial charge >= 0.3 is 0 Å². The molecule has 5 atom stereocenters. The third kappa shape index (κ3) is 2.66. The Balaban J connectivity index is 2.70. The van der Waals surface area contributed by atoms with Crippen molar-refractivity contribution < 1.29 is 29.2 Å². The molecule has 1 fully saturated rings. The average Bonchev–Trinajstić information content (AvgIpc) is 2.22. The Morgan fingerprint density at radius 3 is 2.13 bits per heavy atom. The first kappa shape index (κ1) is 12.8. The van der Waals surface area contributed by atoms with Gasteiger partial charge in [-0.15, -0.1) is 0 Å². The molecule has 1 saturated heterocycles. The van der Waals surface area contributed by atoms with Gasteiger partial charge in [-0.3, -0.25) is 0 Å². The maximum absolute atomic E-state index is 9.86. The first-order valence-corrected chi connectivity index (χ1v) is 4.71. The Bertz CT molecular complexity index is 187. The van der Waals surface area contributed by atoms with Crippen LogP contribution >= 0.6 is 0 Å². The first-order chi connectivity index (χ1) is 7.15. The molecule has 6 heteroatoms. The Morgan fingerprint density at radius 1 is 1.07 bits per heavy atom. The molecule has 0 saturated carbocycles. The Morgan fingerprint density at radius 2 is 1.67 bits per heavy atom. The van der Waals surface area contributed by atoms with E-state index in [1.54, 1.807) is 0 Å². The molecule has 6 nitrogen and oxygen atoms in total. The normalized spacial score (nSPS) is 41.8. The SMILES string of the molecule is COC[C@H]1O[C@H](O)C(OC)C(OC)[C@@H]1O. The quantitative estimate of drug-likeness (QED) is 0.618. The molecule has 15 heavy (non-hydrogen) atoms. The van der Waals surface area contributed by atoms with E-state index in [2.05, 4.69) is 0 Å². The number of aliphatic hydroxyl groups is 2. The fourth-order valence-electron chi connectivity index (χ4n) is 1.73. The van der Waals surface area contributed by atoms with Crippen molar-refractivity contribution >= 4 is 0 Å². The van der Waals surface area contributed by atoms with Crippen molar-refractivity contribution in [3.8, 4) is 0 Å². The van der Waals surface area contributed by atoms with Crippen molar-refractivity contribution in [2.45, 2.75) is 30.7 Å². The fourth-order valence-corrected chi connectivity index (χ4v) is 1.73. The number of methoxy groups -OCH3 is 3. The van der Waals surface area contributed by atoms with Crippen LogP contribution in [0.15, 0.2) is 0 Å². The summed E-state index contributed by atoms with van der Waals surface area (Å²) in [6, 6.07) is 0. The predicted molar refractivity (Wildman–Crippen MR) is 50.4 cm³/mol. The van der Waals surface area contributed by atoms with Crippen LogP contribution in [0, 0.1) is 0 Å². The van der Waals surface area contributed by atoms with Crippen molar-refractivity contribution in [2.75, 3.05) is 27.9 Å². The maximum Gasteiger partial charge on any atom is 0.184 e. The molecule has 0 bridgehead atoms. The second-order valence-electron chi connectivity index (χ2n) is 3.41. The van der Waals surface area contributed by atoms with E-state index >= 15 is 0 Å². The molecule has 0 radical (unpaired) electrons. The summed E-state index contributed by atoms with van der Waals surface area (Å²) in [6.45, 7) is 0.189. The average molecular weight is 222 g/mol. The highest BCUT2D eigenvalue weighted by molar-refractivity contribution is 4.90. The minimum absolute atomic E-state index is 0.189. The van der Waals surface area contributed by atoms with Crippen LogP contribution in [-0.2, 0) is 18.9 Å². The highest BCUT2D eigenvalue weighted by atomic mass is 16.7. The van der Waals surface area contributed by atoms with Gasteiger partial charge in [-0.1, -0.05) is 0 Å². The second kappa shape index (κ2) is 5.74. The van der Waals surface area contributed by atoms with Crippen LogP contribution in [0.2, 0.25) is 0 Å². The molecule has 2 unspecified atom stereocenters. The maximum atomic E-state index is 9.86. The highest BCUT2D eigenvalue weighted by Crippen LogP contribution is 2.23. The lowest BCUT2D eigenvalue weighted by molar-refractivity contribution is -0.296. The lowest BCUT2D eigenvalue weighted by Crippen LogP contribution is -2.59. The summed E-state index contributed by atoms with van der Waals surface area (Å²) in [5, 5.41) is 19.4. The van der Waals surface area contributed by atoms with Crippen LogP contribution in [0.25, 0.3) is 0 Å². The summed E-state index contributed by atoms with van der Waals surface area (Å²) in [6.07, 6.45) is -3.94. The molecule has 0 amide bonds. The van der Waals surface area contributed by atoms with Gasteiger partial charge in [-0.2, -0.15) is 0 Å². The molecule has 0 aromatic rings. The highest BCUT2D eigenvalue weighted by Gasteiger charge is 2.45. The van der Waals surface area contributed by atoms with Crippen molar-refractivity contribution in [3.05, 3.63) is 0 Å². The van der Waals surface area contributed by atoms with Gasteiger partial charge in [0.2, 0.25) is 0 Å². The molecule has 1 aliphatic heterocycles. The summed E-state index contributed by atoms with van der Waals surface area (Å²) in [5.74, 6) is 0. The van der Waals surface area contributed by atoms with Crippen LogP contribution in [0.1, 0.15) is 0 Å². The lowest BCUT2D eigenvalue weighted by Gasteiger charge is -2.41. The Kier molecular flexibility index (Phi) is 4.91. The molecule has 0 aromatic heterocycles. The van der Waals surface area contributed by atoms with E-state index < -0.39 is 30.7 Å². The second-order valence-corrected chi connectivity index (χ2v) is 3.41. The molecular weight excluding hydrogens is 204 g/mol. The van der Waals surface area contributed by atoms with E-state index in [9.17, 15) is 10.2 Å². The summed E-state index contributed by atoms with van der Waals surface area (Å²) >= 11 is 0. The molecule has 2 N–H and O–H groups in total. The van der Waals surface area contributed by atoms with Gasteiger partial charge in [0.05, 0.1) is 6.61 Å². The minimum atomic E-state index is -1.12. The summed E-state index contributed by atoms with van der Waals surface area (Å²) in [5.41, 5.74) is 0. The molecule has 90 valence electrons. The molecule has 1 aliphatic rings. The molecule has 0 aliphatic carbocycles. The first-order valence-electron chi connectivity index (χ1n) is 4.71. The number of hydrogen-bond donors (Lipinski definition) is 2. The van der Waals surface area contributed by atoms with Gasteiger partial charge in [0, 0.05) is 21.3 Å². The molecule has 1 heterocycles. The van der Waals surface area contributed by atoms with Crippen LogP contribution in [0.3, 0.4) is 0 Å². The van der Waals surface area contributed by atoms with E-state index in [0.717, 1.165) is 0 Å².